The van der Waals surface area contributed by atoms with Gasteiger partial charge in [-0.25, -0.2) is 0 Å². The molecule has 4 heteroatoms. The van der Waals surface area contributed by atoms with Crippen molar-refractivity contribution in [3.05, 3.63) is 24.3 Å². The Kier molecular flexibility index (Phi) is 4.64. The van der Waals surface area contributed by atoms with Crippen LogP contribution in [0.3, 0.4) is 0 Å². The number of rotatable bonds is 4. The lowest BCUT2D eigenvalue weighted by atomic mass is 10.1. The van der Waals surface area contributed by atoms with Gasteiger partial charge < -0.3 is 9.64 Å². The molecular weight excluding hydrogens is 238 g/mol. The standard InChI is InChI=1S/C15H21N3O/c1-13(11-16)12-17-7-9-18(10-8-17)14-5-3-4-6-15(14)19-2/h3-6,13H,7-10,12H2,1-2H3. The molecule has 1 aliphatic rings. The molecule has 1 aromatic rings. The Morgan fingerprint density at radius 1 is 1.26 bits per heavy atom. The molecule has 102 valence electrons. The molecule has 1 fully saturated rings. The van der Waals surface area contributed by atoms with Gasteiger partial charge in [-0.2, -0.15) is 5.26 Å². The number of para-hydroxylation sites is 2. The lowest BCUT2D eigenvalue weighted by Gasteiger charge is -2.37. The summed E-state index contributed by atoms with van der Waals surface area (Å²) < 4.78 is 5.41. The van der Waals surface area contributed by atoms with E-state index in [1.165, 1.54) is 0 Å². The van der Waals surface area contributed by atoms with E-state index in [2.05, 4.69) is 21.9 Å². The predicted octanol–water partition coefficient (Wildman–Crippen LogP) is 1.98. The van der Waals surface area contributed by atoms with Crippen LogP contribution >= 0.6 is 0 Å². The molecule has 1 aromatic carbocycles. The summed E-state index contributed by atoms with van der Waals surface area (Å²) in [5, 5.41) is 8.86. The van der Waals surface area contributed by atoms with E-state index in [0.717, 1.165) is 44.2 Å². The monoisotopic (exact) mass is 259 g/mol. The topological polar surface area (TPSA) is 39.5 Å². The second-order valence-electron chi connectivity index (χ2n) is 4.99. The number of anilines is 1. The molecule has 0 radical (unpaired) electrons. The number of ether oxygens (including phenoxy) is 1. The lowest BCUT2D eigenvalue weighted by Crippen LogP contribution is -2.47. The van der Waals surface area contributed by atoms with E-state index in [0.29, 0.717) is 0 Å². The summed E-state index contributed by atoms with van der Waals surface area (Å²) in [6.07, 6.45) is 0. The highest BCUT2D eigenvalue weighted by Crippen LogP contribution is 2.28. The van der Waals surface area contributed by atoms with E-state index in [9.17, 15) is 0 Å². The van der Waals surface area contributed by atoms with E-state index in [1.807, 2.05) is 25.1 Å². The molecule has 2 rings (SSSR count). The highest BCUT2D eigenvalue weighted by Gasteiger charge is 2.20. The largest absolute Gasteiger partial charge is 0.495 e. The van der Waals surface area contributed by atoms with E-state index in [1.54, 1.807) is 7.11 Å². The summed E-state index contributed by atoms with van der Waals surface area (Å²) in [6, 6.07) is 10.4. The smallest absolute Gasteiger partial charge is 0.142 e. The molecule has 1 heterocycles. The minimum Gasteiger partial charge on any atom is -0.495 e. The van der Waals surface area contributed by atoms with Gasteiger partial charge in [0.05, 0.1) is 24.8 Å². The van der Waals surface area contributed by atoms with E-state index in [-0.39, 0.29) is 5.92 Å². The maximum atomic E-state index is 8.86. The average molecular weight is 259 g/mol. The van der Waals surface area contributed by atoms with Gasteiger partial charge in [0, 0.05) is 32.7 Å². The Hall–Kier alpha value is -1.73. The second kappa shape index (κ2) is 6.44. The molecule has 19 heavy (non-hydrogen) atoms. The van der Waals surface area contributed by atoms with Gasteiger partial charge in [0.2, 0.25) is 0 Å². The Morgan fingerprint density at radius 3 is 2.58 bits per heavy atom. The Balaban J connectivity index is 1.95. The van der Waals surface area contributed by atoms with Crippen molar-refractivity contribution in [1.82, 2.24) is 4.90 Å². The second-order valence-corrected chi connectivity index (χ2v) is 4.99. The van der Waals surface area contributed by atoms with Crippen molar-refractivity contribution >= 4 is 5.69 Å². The molecule has 0 bridgehead atoms. The van der Waals surface area contributed by atoms with E-state index >= 15 is 0 Å². The summed E-state index contributed by atoms with van der Waals surface area (Å²) >= 11 is 0. The first-order chi connectivity index (χ1) is 9.24. The van der Waals surface area contributed by atoms with Crippen LogP contribution in [0.5, 0.6) is 5.75 Å². The number of nitrogens with zero attached hydrogens (tertiary/aromatic N) is 3. The quantitative estimate of drug-likeness (QED) is 0.829. The average Bonchev–Trinajstić information content (AvgIpc) is 2.48. The molecule has 1 unspecified atom stereocenters. The summed E-state index contributed by atoms with van der Waals surface area (Å²) in [5.74, 6) is 1.04. The van der Waals surface area contributed by atoms with E-state index in [4.69, 9.17) is 10.00 Å². The highest BCUT2D eigenvalue weighted by molar-refractivity contribution is 5.58. The van der Waals surface area contributed by atoms with Crippen LogP contribution in [0.2, 0.25) is 0 Å². The van der Waals surface area contributed by atoms with Gasteiger partial charge in [-0.05, 0) is 19.1 Å². The maximum absolute atomic E-state index is 8.86. The zero-order chi connectivity index (χ0) is 13.7. The lowest BCUT2D eigenvalue weighted by molar-refractivity contribution is 0.241. The van der Waals surface area contributed by atoms with Crippen LogP contribution in [-0.2, 0) is 0 Å². The minimum absolute atomic E-state index is 0.109. The van der Waals surface area contributed by atoms with Crippen LogP contribution in [0.1, 0.15) is 6.92 Å². The Labute approximate surface area is 115 Å². The van der Waals surface area contributed by atoms with Gasteiger partial charge in [0.15, 0.2) is 0 Å². The highest BCUT2D eigenvalue weighted by atomic mass is 16.5. The number of piperazine rings is 1. The van der Waals surface area contributed by atoms with Crippen LogP contribution in [0.25, 0.3) is 0 Å². The third kappa shape index (κ3) is 3.39. The summed E-state index contributed by atoms with van der Waals surface area (Å²) in [4.78, 5) is 4.71. The van der Waals surface area contributed by atoms with Crippen LogP contribution in [-0.4, -0.2) is 44.7 Å². The third-order valence-corrected chi connectivity index (χ3v) is 3.55. The Morgan fingerprint density at radius 2 is 1.95 bits per heavy atom. The predicted molar refractivity (Wildman–Crippen MR) is 76.4 cm³/mol. The molecule has 0 aliphatic carbocycles. The van der Waals surface area contributed by atoms with Gasteiger partial charge in [-0.15, -0.1) is 0 Å². The fourth-order valence-electron chi connectivity index (χ4n) is 2.49. The molecule has 4 nitrogen and oxygen atoms in total. The number of hydrogen-bond acceptors (Lipinski definition) is 4. The summed E-state index contributed by atoms with van der Waals surface area (Å²) in [6.45, 7) is 6.83. The van der Waals surface area contributed by atoms with Gasteiger partial charge in [-0.1, -0.05) is 12.1 Å². The first-order valence-electron chi connectivity index (χ1n) is 6.74. The third-order valence-electron chi connectivity index (χ3n) is 3.55. The van der Waals surface area contributed by atoms with Crippen molar-refractivity contribution in [2.45, 2.75) is 6.92 Å². The first-order valence-corrected chi connectivity index (χ1v) is 6.74. The maximum Gasteiger partial charge on any atom is 0.142 e. The number of methoxy groups -OCH3 is 1. The zero-order valence-corrected chi connectivity index (χ0v) is 11.7. The summed E-state index contributed by atoms with van der Waals surface area (Å²) in [5.41, 5.74) is 1.16. The fourth-order valence-corrected chi connectivity index (χ4v) is 2.49. The van der Waals surface area contributed by atoms with Crippen molar-refractivity contribution in [3.63, 3.8) is 0 Å². The molecule has 0 saturated carbocycles. The summed E-state index contributed by atoms with van der Waals surface area (Å²) in [7, 11) is 1.71. The normalized spacial score (nSPS) is 17.8. The number of hydrogen-bond donors (Lipinski definition) is 0. The van der Waals surface area contributed by atoms with Crippen LogP contribution in [0, 0.1) is 17.2 Å². The molecule has 1 saturated heterocycles. The van der Waals surface area contributed by atoms with Crippen molar-refractivity contribution in [2.24, 2.45) is 5.92 Å². The molecular formula is C15H21N3O. The van der Waals surface area contributed by atoms with Crippen molar-refractivity contribution in [3.8, 4) is 11.8 Å². The zero-order valence-electron chi connectivity index (χ0n) is 11.7. The van der Waals surface area contributed by atoms with Crippen molar-refractivity contribution in [2.75, 3.05) is 44.7 Å². The van der Waals surface area contributed by atoms with Crippen LogP contribution < -0.4 is 9.64 Å². The SMILES string of the molecule is COc1ccccc1N1CCN(CC(C)C#N)CC1. The number of benzene rings is 1. The fraction of sp³-hybridized carbons (Fsp3) is 0.533. The van der Waals surface area contributed by atoms with Crippen molar-refractivity contribution in [1.29, 1.82) is 5.26 Å². The number of nitriles is 1. The van der Waals surface area contributed by atoms with Gasteiger partial charge in [-0.3, -0.25) is 4.90 Å². The van der Waals surface area contributed by atoms with Gasteiger partial charge in [0.25, 0.3) is 0 Å². The van der Waals surface area contributed by atoms with E-state index < -0.39 is 0 Å². The first kappa shape index (κ1) is 13.7. The molecule has 1 aliphatic heterocycles. The minimum atomic E-state index is 0.109. The molecule has 0 amide bonds. The molecule has 0 N–H and O–H groups in total. The Bertz CT molecular complexity index is 447. The molecule has 0 aromatic heterocycles. The van der Waals surface area contributed by atoms with Gasteiger partial charge in [0.1, 0.15) is 5.75 Å². The molecule has 1 atom stereocenters. The molecule has 0 spiro atoms. The van der Waals surface area contributed by atoms with Gasteiger partial charge >= 0.3 is 0 Å². The van der Waals surface area contributed by atoms with Crippen LogP contribution in [0.15, 0.2) is 24.3 Å². The van der Waals surface area contributed by atoms with Crippen molar-refractivity contribution < 1.29 is 4.74 Å². The van der Waals surface area contributed by atoms with Crippen LogP contribution in [0.4, 0.5) is 5.69 Å².